The molecule has 0 aromatic carbocycles. The monoisotopic (exact) mass is 210 g/mol. The molecule has 5 heteroatoms. The van der Waals surface area contributed by atoms with Crippen LogP contribution in [0, 0.1) is 0 Å². The van der Waals surface area contributed by atoms with E-state index in [1.54, 1.807) is 12.4 Å². The van der Waals surface area contributed by atoms with Crippen molar-refractivity contribution in [2.45, 2.75) is 39.7 Å². The van der Waals surface area contributed by atoms with E-state index in [2.05, 4.69) is 31.0 Å². The summed E-state index contributed by atoms with van der Waals surface area (Å²) in [6.07, 6.45) is 4.46. The largest absolute Gasteiger partial charge is 0.497 e. The lowest BCUT2D eigenvalue weighted by molar-refractivity contribution is 0.0706. The SMILES string of the molecule is CCOB(OC(C)(C)CC)c1cn[nH]c1. The highest BCUT2D eigenvalue weighted by atomic mass is 16.6. The Morgan fingerprint density at radius 2 is 2.20 bits per heavy atom. The summed E-state index contributed by atoms with van der Waals surface area (Å²) in [5.41, 5.74) is 0.746. The van der Waals surface area contributed by atoms with Crippen molar-refractivity contribution >= 4 is 12.6 Å². The first kappa shape index (κ1) is 12.3. The summed E-state index contributed by atoms with van der Waals surface area (Å²) in [7, 11) is -0.330. The van der Waals surface area contributed by atoms with Crippen molar-refractivity contribution in [3.8, 4) is 0 Å². The fourth-order valence-corrected chi connectivity index (χ4v) is 1.11. The van der Waals surface area contributed by atoms with Gasteiger partial charge >= 0.3 is 7.12 Å². The topological polar surface area (TPSA) is 47.1 Å². The molecule has 0 atom stereocenters. The number of nitrogens with one attached hydrogen (secondary N) is 1. The molecule has 0 saturated carbocycles. The van der Waals surface area contributed by atoms with Crippen molar-refractivity contribution in [3.05, 3.63) is 12.4 Å². The van der Waals surface area contributed by atoms with E-state index in [1.165, 1.54) is 0 Å². The molecule has 4 nitrogen and oxygen atoms in total. The quantitative estimate of drug-likeness (QED) is 0.721. The average Bonchev–Trinajstić information content (AvgIpc) is 2.70. The second-order valence-corrected chi connectivity index (χ2v) is 4.05. The molecule has 0 radical (unpaired) electrons. The first-order valence-corrected chi connectivity index (χ1v) is 5.37. The van der Waals surface area contributed by atoms with Gasteiger partial charge in [-0.05, 0) is 27.2 Å². The van der Waals surface area contributed by atoms with Gasteiger partial charge in [-0.25, -0.2) is 0 Å². The van der Waals surface area contributed by atoms with Crippen LogP contribution in [0.4, 0.5) is 0 Å². The Labute approximate surface area is 91.5 Å². The van der Waals surface area contributed by atoms with Crippen LogP contribution < -0.4 is 5.46 Å². The van der Waals surface area contributed by atoms with E-state index >= 15 is 0 Å². The molecule has 0 bridgehead atoms. The van der Waals surface area contributed by atoms with Crippen LogP contribution in [0.1, 0.15) is 34.1 Å². The van der Waals surface area contributed by atoms with Gasteiger partial charge < -0.3 is 9.31 Å². The van der Waals surface area contributed by atoms with Crippen LogP contribution in [0.2, 0.25) is 0 Å². The van der Waals surface area contributed by atoms with Crippen molar-refractivity contribution in [2.24, 2.45) is 0 Å². The maximum Gasteiger partial charge on any atom is 0.497 e. The molecule has 0 fully saturated rings. The Kier molecular flexibility index (Phi) is 4.35. The van der Waals surface area contributed by atoms with Gasteiger partial charge in [0, 0.05) is 30.1 Å². The highest BCUT2D eigenvalue weighted by molar-refractivity contribution is 6.61. The lowest BCUT2D eigenvalue weighted by atomic mass is 9.80. The smallest absolute Gasteiger partial charge is 0.407 e. The van der Waals surface area contributed by atoms with Gasteiger partial charge in [0.25, 0.3) is 0 Å². The highest BCUT2D eigenvalue weighted by Crippen LogP contribution is 2.15. The molecule has 0 aliphatic rings. The third-order valence-corrected chi connectivity index (χ3v) is 2.39. The van der Waals surface area contributed by atoms with E-state index in [0.717, 1.165) is 11.9 Å². The molecule has 1 heterocycles. The lowest BCUT2D eigenvalue weighted by Crippen LogP contribution is -2.43. The Morgan fingerprint density at radius 1 is 1.47 bits per heavy atom. The van der Waals surface area contributed by atoms with Crippen LogP contribution in [-0.2, 0) is 9.31 Å². The second-order valence-electron chi connectivity index (χ2n) is 4.05. The van der Waals surface area contributed by atoms with E-state index in [9.17, 15) is 0 Å². The van der Waals surface area contributed by atoms with E-state index in [-0.39, 0.29) is 12.7 Å². The molecule has 84 valence electrons. The molecule has 1 aromatic heterocycles. The van der Waals surface area contributed by atoms with Crippen molar-refractivity contribution in [3.63, 3.8) is 0 Å². The van der Waals surface area contributed by atoms with E-state index in [0.29, 0.717) is 6.61 Å². The van der Waals surface area contributed by atoms with Crippen molar-refractivity contribution in [2.75, 3.05) is 6.61 Å². The molecular formula is C10H19BN2O2. The van der Waals surface area contributed by atoms with Crippen molar-refractivity contribution in [1.82, 2.24) is 10.2 Å². The van der Waals surface area contributed by atoms with Crippen LogP contribution in [-0.4, -0.2) is 29.5 Å². The van der Waals surface area contributed by atoms with Crippen LogP contribution in [0.5, 0.6) is 0 Å². The highest BCUT2D eigenvalue weighted by Gasteiger charge is 2.29. The summed E-state index contributed by atoms with van der Waals surface area (Å²) >= 11 is 0. The maximum atomic E-state index is 5.89. The van der Waals surface area contributed by atoms with Gasteiger partial charge in [0.15, 0.2) is 0 Å². The predicted molar refractivity (Wildman–Crippen MR) is 61.1 cm³/mol. The normalized spacial score (nSPS) is 11.7. The molecule has 15 heavy (non-hydrogen) atoms. The molecular weight excluding hydrogens is 191 g/mol. The van der Waals surface area contributed by atoms with Crippen LogP contribution >= 0.6 is 0 Å². The minimum atomic E-state index is -0.330. The minimum Gasteiger partial charge on any atom is -0.407 e. The predicted octanol–water partition coefficient (Wildman–Crippen LogP) is 1.35. The molecule has 0 aliphatic heterocycles. The molecule has 0 spiro atoms. The zero-order valence-corrected chi connectivity index (χ0v) is 9.91. The minimum absolute atomic E-state index is 0.183. The fraction of sp³-hybridized carbons (Fsp3) is 0.700. The third-order valence-electron chi connectivity index (χ3n) is 2.39. The van der Waals surface area contributed by atoms with Crippen molar-refractivity contribution in [1.29, 1.82) is 0 Å². The molecule has 1 rings (SSSR count). The summed E-state index contributed by atoms with van der Waals surface area (Å²) < 4.78 is 11.4. The van der Waals surface area contributed by atoms with Gasteiger partial charge in [0.1, 0.15) is 0 Å². The molecule has 0 saturated heterocycles. The number of rotatable bonds is 6. The number of aromatic nitrogens is 2. The Morgan fingerprint density at radius 3 is 2.67 bits per heavy atom. The van der Waals surface area contributed by atoms with Gasteiger partial charge in [0.05, 0.1) is 0 Å². The van der Waals surface area contributed by atoms with Crippen LogP contribution in [0.25, 0.3) is 0 Å². The first-order valence-electron chi connectivity index (χ1n) is 5.37. The first-order chi connectivity index (χ1) is 7.09. The van der Waals surface area contributed by atoms with Crippen LogP contribution in [0.3, 0.4) is 0 Å². The van der Waals surface area contributed by atoms with Gasteiger partial charge in [0.2, 0.25) is 0 Å². The Hall–Kier alpha value is -0.805. The number of hydrogen-bond acceptors (Lipinski definition) is 3. The Balaban J connectivity index is 2.67. The summed E-state index contributed by atoms with van der Waals surface area (Å²) in [5, 5.41) is 6.66. The molecule has 0 unspecified atom stereocenters. The summed E-state index contributed by atoms with van der Waals surface area (Å²) in [6.45, 7) is 8.78. The standard InChI is InChI=1S/C10H19BN2O2/c1-5-10(3,4)15-11(14-6-2)9-7-12-13-8-9/h7-8H,5-6H2,1-4H3,(H,12,13). The number of H-pyrrole nitrogens is 1. The summed E-state index contributed by atoms with van der Waals surface area (Å²) in [5.74, 6) is 0. The number of nitrogens with zero attached hydrogens (tertiary/aromatic N) is 1. The van der Waals surface area contributed by atoms with Crippen molar-refractivity contribution < 1.29 is 9.31 Å². The van der Waals surface area contributed by atoms with E-state index in [4.69, 9.17) is 9.31 Å². The Bertz CT molecular complexity index is 275. The third kappa shape index (κ3) is 3.68. The zero-order valence-electron chi connectivity index (χ0n) is 9.91. The molecule has 1 N–H and O–H groups in total. The molecule has 1 aromatic rings. The van der Waals surface area contributed by atoms with Gasteiger partial charge in [-0.2, -0.15) is 5.10 Å². The van der Waals surface area contributed by atoms with Crippen LogP contribution in [0.15, 0.2) is 12.4 Å². The maximum absolute atomic E-state index is 5.89. The fourth-order valence-electron chi connectivity index (χ4n) is 1.11. The summed E-state index contributed by atoms with van der Waals surface area (Å²) in [4.78, 5) is 0. The number of aromatic amines is 1. The molecule has 0 amide bonds. The zero-order chi connectivity index (χ0) is 11.3. The van der Waals surface area contributed by atoms with Gasteiger partial charge in [-0.1, -0.05) is 6.92 Å². The summed E-state index contributed by atoms with van der Waals surface area (Å²) in [6, 6.07) is 0. The second kappa shape index (κ2) is 5.33. The lowest BCUT2D eigenvalue weighted by Gasteiger charge is -2.27. The van der Waals surface area contributed by atoms with Gasteiger partial charge in [-0.3, -0.25) is 5.10 Å². The van der Waals surface area contributed by atoms with E-state index < -0.39 is 0 Å². The molecule has 0 aliphatic carbocycles. The number of hydrogen-bond donors (Lipinski definition) is 1. The van der Waals surface area contributed by atoms with Gasteiger partial charge in [-0.15, -0.1) is 0 Å². The average molecular weight is 210 g/mol. The van der Waals surface area contributed by atoms with E-state index in [1.807, 2.05) is 6.92 Å².